The Morgan fingerprint density at radius 3 is 2.44 bits per heavy atom. The molecule has 9 heteroatoms. The molecule has 1 fully saturated rings. The SMILES string of the molecule is CC(=O)c1ccc(NC(=O)[C@H]2CCCN2S(=O)(=O)c2c(C)noc2C)cc1. The number of carbonyl (C=O) groups is 2. The summed E-state index contributed by atoms with van der Waals surface area (Å²) in [5, 5.41) is 6.44. The summed E-state index contributed by atoms with van der Waals surface area (Å²) >= 11 is 0. The lowest BCUT2D eigenvalue weighted by molar-refractivity contribution is -0.119. The maximum absolute atomic E-state index is 13.0. The summed E-state index contributed by atoms with van der Waals surface area (Å²) < 4.78 is 32.3. The van der Waals surface area contributed by atoms with Gasteiger partial charge in [0.25, 0.3) is 0 Å². The third-order valence-electron chi connectivity index (χ3n) is 4.60. The number of sulfonamides is 1. The van der Waals surface area contributed by atoms with Gasteiger partial charge in [0.1, 0.15) is 16.6 Å². The van der Waals surface area contributed by atoms with E-state index in [1.807, 2.05) is 0 Å². The van der Waals surface area contributed by atoms with E-state index in [0.717, 1.165) is 0 Å². The van der Waals surface area contributed by atoms with Crippen LogP contribution in [0, 0.1) is 13.8 Å². The molecule has 0 aliphatic carbocycles. The Bertz CT molecular complexity index is 959. The van der Waals surface area contributed by atoms with E-state index >= 15 is 0 Å². The number of rotatable bonds is 5. The van der Waals surface area contributed by atoms with Gasteiger partial charge in [-0.15, -0.1) is 0 Å². The summed E-state index contributed by atoms with van der Waals surface area (Å²) in [6.07, 6.45) is 1.02. The average molecular weight is 391 g/mol. The number of Topliss-reactive ketones (excluding diaryl/α,β-unsaturated/α-hetero) is 1. The van der Waals surface area contributed by atoms with E-state index in [1.54, 1.807) is 31.2 Å². The van der Waals surface area contributed by atoms with Gasteiger partial charge in [-0.1, -0.05) is 5.16 Å². The standard InChI is InChI=1S/C18H21N3O5S/c1-11-17(13(3)26-20-11)27(24,25)21-10-4-5-16(21)18(23)19-15-8-6-14(7-9-15)12(2)22/h6-9,16H,4-5,10H2,1-3H3,(H,19,23)/t16-/m1/s1. The molecular weight excluding hydrogens is 370 g/mol. The second kappa shape index (κ2) is 7.24. The first-order valence-electron chi connectivity index (χ1n) is 8.58. The molecule has 1 aliphatic rings. The molecule has 3 rings (SSSR count). The number of hydrogen-bond acceptors (Lipinski definition) is 6. The van der Waals surface area contributed by atoms with Crippen molar-refractivity contribution in [2.24, 2.45) is 0 Å². The minimum atomic E-state index is -3.89. The molecule has 1 amide bonds. The summed E-state index contributed by atoms with van der Waals surface area (Å²) in [4.78, 5) is 24.1. The Labute approximate surface area is 157 Å². The molecule has 1 saturated heterocycles. The number of amides is 1. The minimum Gasteiger partial charge on any atom is -0.360 e. The summed E-state index contributed by atoms with van der Waals surface area (Å²) in [5.41, 5.74) is 1.32. The van der Waals surface area contributed by atoms with Crippen molar-refractivity contribution in [3.63, 3.8) is 0 Å². The fourth-order valence-corrected chi connectivity index (χ4v) is 5.22. The van der Waals surface area contributed by atoms with Gasteiger partial charge in [0.2, 0.25) is 15.9 Å². The molecule has 1 atom stereocenters. The largest absolute Gasteiger partial charge is 0.360 e. The van der Waals surface area contributed by atoms with Crippen molar-refractivity contribution in [1.82, 2.24) is 9.46 Å². The van der Waals surface area contributed by atoms with Crippen molar-refractivity contribution in [1.29, 1.82) is 0 Å². The molecule has 27 heavy (non-hydrogen) atoms. The fraction of sp³-hybridized carbons (Fsp3) is 0.389. The molecule has 8 nitrogen and oxygen atoms in total. The van der Waals surface area contributed by atoms with Crippen LogP contribution in [0.2, 0.25) is 0 Å². The molecule has 1 aromatic heterocycles. The number of aryl methyl sites for hydroxylation is 2. The predicted octanol–water partition coefficient (Wildman–Crippen LogP) is 2.29. The van der Waals surface area contributed by atoms with E-state index in [2.05, 4.69) is 10.5 Å². The molecule has 144 valence electrons. The lowest BCUT2D eigenvalue weighted by Crippen LogP contribution is -2.43. The van der Waals surface area contributed by atoms with Crippen LogP contribution in [0.1, 0.15) is 41.6 Å². The van der Waals surface area contributed by atoms with Crippen molar-refractivity contribution in [3.05, 3.63) is 41.3 Å². The van der Waals surface area contributed by atoms with E-state index < -0.39 is 22.0 Å². The van der Waals surface area contributed by atoms with Crippen molar-refractivity contribution in [2.75, 3.05) is 11.9 Å². The first kappa shape index (κ1) is 19.2. The van der Waals surface area contributed by atoms with Gasteiger partial charge in [0.15, 0.2) is 11.5 Å². The normalized spacial score (nSPS) is 17.8. The molecule has 0 unspecified atom stereocenters. The molecule has 0 spiro atoms. The second-order valence-electron chi connectivity index (χ2n) is 6.55. The molecule has 0 saturated carbocycles. The molecule has 2 heterocycles. The van der Waals surface area contributed by atoms with Crippen LogP contribution in [-0.2, 0) is 14.8 Å². The van der Waals surface area contributed by atoms with Crippen molar-refractivity contribution in [3.8, 4) is 0 Å². The molecule has 0 bridgehead atoms. The third-order valence-corrected chi connectivity index (χ3v) is 6.75. The molecule has 1 aliphatic heterocycles. The Balaban J connectivity index is 1.81. The zero-order chi connectivity index (χ0) is 19.8. The smallest absolute Gasteiger partial charge is 0.249 e. The van der Waals surface area contributed by atoms with Gasteiger partial charge in [-0.3, -0.25) is 9.59 Å². The van der Waals surface area contributed by atoms with Crippen LogP contribution in [0.4, 0.5) is 5.69 Å². The van der Waals surface area contributed by atoms with Gasteiger partial charge < -0.3 is 9.84 Å². The van der Waals surface area contributed by atoms with Crippen LogP contribution in [0.3, 0.4) is 0 Å². The summed E-state index contributed by atoms with van der Waals surface area (Å²) in [7, 11) is -3.89. The highest BCUT2D eigenvalue weighted by molar-refractivity contribution is 7.89. The number of hydrogen-bond donors (Lipinski definition) is 1. The van der Waals surface area contributed by atoms with Crippen molar-refractivity contribution >= 4 is 27.4 Å². The van der Waals surface area contributed by atoms with E-state index in [4.69, 9.17) is 4.52 Å². The molecule has 0 radical (unpaired) electrons. The Kier molecular flexibility index (Phi) is 5.16. The predicted molar refractivity (Wildman–Crippen MR) is 98.0 cm³/mol. The van der Waals surface area contributed by atoms with E-state index in [-0.39, 0.29) is 28.7 Å². The highest BCUT2D eigenvalue weighted by atomic mass is 32.2. The van der Waals surface area contributed by atoms with Crippen LogP contribution >= 0.6 is 0 Å². The first-order chi connectivity index (χ1) is 12.7. The van der Waals surface area contributed by atoms with Crippen LogP contribution in [0.15, 0.2) is 33.7 Å². The number of nitrogens with one attached hydrogen (secondary N) is 1. The Morgan fingerprint density at radius 2 is 1.89 bits per heavy atom. The highest BCUT2D eigenvalue weighted by Gasteiger charge is 2.41. The zero-order valence-electron chi connectivity index (χ0n) is 15.4. The van der Waals surface area contributed by atoms with Crippen LogP contribution in [0.25, 0.3) is 0 Å². The summed E-state index contributed by atoms with van der Waals surface area (Å²) in [6, 6.07) is 5.67. The van der Waals surface area contributed by atoms with Gasteiger partial charge in [0, 0.05) is 17.8 Å². The number of benzene rings is 1. The third kappa shape index (κ3) is 3.65. The van der Waals surface area contributed by atoms with Crippen LogP contribution in [0.5, 0.6) is 0 Å². The van der Waals surface area contributed by atoms with Gasteiger partial charge in [-0.25, -0.2) is 8.42 Å². The van der Waals surface area contributed by atoms with Crippen LogP contribution < -0.4 is 5.32 Å². The monoisotopic (exact) mass is 391 g/mol. The number of aromatic nitrogens is 1. The van der Waals surface area contributed by atoms with Crippen molar-refractivity contribution < 1.29 is 22.5 Å². The average Bonchev–Trinajstić information content (AvgIpc) is 3.23. The molecular formula is C18H21N3O5S. The summed E-state index contributed by atoms with van der Waals surface area (Å²) in [6.45, 7) is 4.82. The maximum atomic E-state index is 13.0. The van der Waals surface area contributed by atoms with Crippen molar-refractivity contribution in [2.45, 2.75) is 44.6 Å². The van der Waals surface area contributed by atoms with E-state index in [1.165, 1.54) is 18.2 Å². The quantitative estimate of drug-likeness (QED) is 0.783. The Hall–Kier alpha value is -2.52. The minimum absolute atomic E-state index is 0.0213. The lowest BCUT2D eigenvalue weighted by Gasteiger charge is -2.23. The van der Waals surface area contributed by atoms with E-state index in [0.29, 0.717) is 24.1 Å². The number of nitrogens with zero attached hydrogens (tertiary/aromatic N) is 2. The van der Waals surface area contributed by atoms with E-state index in [9.17, 15) is 18.0 Å². The fourth-order valence-electron chi connectivity index (χ4n) is 3.26. The highest BCUT2D eigenvalue weighted by Crippen LogP contribution is 2.30. The second-order valence-corrected chi connectivity index (χ2v) is 8.38. The molecule has 2 aromatic rings. The van der Waals surface area contributed by atoms with Crippen LogP contribution in [-0.4, -0.2) is 42.2 Å². The molecule has 1 N–H and O–H groups in total. The zero-order valence-corrected chi connectivity index (χ0v) is 16.2. The van der Waals surface area contributed by atoms with Gasteiger partial charge >= 0.3 is 0 Å². The first-order valence-corrected chi connectivity index (χ1v) is 10.0. The number of ketones is 1. The molecule has 1 aromatic carbocycles. The topological polar surface area (TPSA) is 110 Å². The van der Waals surface area contributed by atoms with Gasteiger partial charge in [0.05, 0.1) is 0 Å². The van der Waals surface area contributed by atoms with Gasteiger partial charge in [-0.2, -0.15) is 4.31 Å². The van der Waals surface area contributed by atoms with Gasteiger partial charge in [-0.05, 0) is 57.9 Å². The number of carbonyl (C=O) groups excluding carboxylic acids is 2. The maximum Gasteiger partial charge on any atom is 0.249 e. The number of anilines is 1. The Morgan fingerprint density at radius 1 is 1.22 bits per heavy atom. The summed E-state index contributed by atoms with van der Waals surface area (Å²) in [5.74, 6) is -0.266. The lowest BCUT2D eigenvalue weighted by atomic mass is 10.1.